The molecule has 0 radical (unpaired) electrons. The fraction of sp³-hybridized carbons (Fsp3) is 0.231. The zero-order valence-corrected chi connectivity index (χ0v) is 19.2. The van der Waals surface area contributed by atoms with Crippen LogP contribution in [-0.4, -0.2) is 13.1 Å². The molecule has 3 heteroatoms. The predicted octanol–water partition coefficient (Wildman–Crippen LogP) is 5.56. The third kappa shape index (κ3) is 3.63. The summed E-state index contributed by atoms with van der Waals surface area (Å²) in [5, 5.41) is 4.15. The Kier molecular flexibility index (Phi) is 4.87. The van der Waals surface area contributed by atoms with Crippen molar-refractivity contribution in [2.24, 2.45) is 7.05 Å². The molecule has 2 aromatic carbocycles. The third-order valence-corrected chi connectivity index (χ3v) is 7.93. The van der Waals surface area contributed by atoms with Crippen LogP contribution in [-0.2, 0) is 7.05 Å². The summed E-state index contributed by atoms with van der Waals surface area (Å²) in [6.07, 6.45) is 3.76. The Morgan fingerprint density at radius 1 is 0.862 bits per heavy atom. The normalized spacial score (nSPS) is 11.8. The molecule has 0 amide bonds. The Labute approximate surface area is 174 Å². The van der Waals surface area contributed by atoms with Crippen molar-refractivity contribution < 1.29 is 4.57 Å². The summed E-state index contributed by atoms with van der Waals surface area (Å²) in [4.78, 5) is 4.30. The van der Waals surface area contributed by atoms with E-state index in [2.05, 4.69) is 98.6 Å². The van der Waals surface area contributed by atoms with Gasteiger partial charge in [-0.1, -0.05) is 55.2 Å². The minimum Gasteiger partial charge on any atom is -0.264 e. The van der Waals surface area contributed by atoms with E-state index in [0.717, 1.165) is 5.56 Å². The topological polar surface area (TPSA) is 16.8 Å². The van der Waals surface area contributed by atoms with E-state index >= 15 is 0 Å². The summed E-state index contributed by atoms with van der Waals surface area (Å²) in [7, 11) is 0.817. The molecule has 0 fully saturated rings. The number of nitrogens with zero attached hydrogens (tertiary/aromatic N) is 2. The Hall–Kier alpha value is -2.78. The second-order valence-electron chi connectivity index (χ2n) is 9.02. The molecule has 0 atom stereocenters. The number of hydrogen-bond donors (Lipinski definition) is 0. The second kappa shape index (κ2) is 7.23. The summed E-state index contributed by atoms with van der Waals surface area (Å²) in [6.45, 7) is 11.6. The predicted molar refractivity (Wildman–Crippen MR) is 126 cm³/mol. The molecule has 4 rings (SSSR count). The second-order valence-corrected chi connectivity index (χ2v) is 14.1. The van der Waals surface area contributed by atoms with Gasteiger partial charge in [0, 0.05) is 30.9 Å². The lowest BCUT2D eigenvalue weighted by Crippen LogP contribution is -2.38. The highest BCUT2D eigenvalue weighted by Crippen LogP contribution is 2.32. The first-order chi connectivity index (χ1) is 13.8. The first-order valence-electron chi connectivity index (χ1n) is 10.2. The van der Waals surface area contributed by atoms with Gasteiger partial charge in [-0.15, -0.1) is 0 Å². The zero-order valence-electron chi connectivity index (χ0n) is 18.2. The molecule has 0 aliphatic rings. The van der Waals surface area contributed by atoms with Crippen molar-refractivity contribution in [3.63, 3.8) is 0 Å². The van der Waals surface area contributed by atoms with E-state index in [9.17, 15) is 0 Å². The number of hydrogen-bond acceptors (Lipinski definition) is 1. The average Bonchev–Trinajstić information content (AvgIpc) is 2.69. The number of pyridine rings is 2. The molecule has 4 aromatic rings. The molecule has 146 valence electrons. The molecule has 0 unspecified atom stereocenters. The maximum absolute atomic E-state index is 4.30. The van der Waals surface area contributed by atoms with Gasteiger partial charge >= 0.3 is 0 Å². The van der Waals surface area contributed by atoms with Crippen LogP contribution in [0.25, 0.3) is 33.2 Å². The van der Waals surface area contributed by atoms with Gasteiger partial charge in [0.15, 0.2) is 5.69 Å². The van der Waals surface area contributed by atoms with Gasteiger partial charge in [0.2, 0.25) is 5.69 Å². The van der Waals surface area contributed by atoms with Crippen molar-refractivity contribution in [1.29, 1.82) is 0 Å². The van der Waals surface area contributed by atoms with E-state index in [1.54, 1.807) is 0 Å². The van der Waals surface area contributed by atoms with E-state index in [0.29, 0.717) is 0 Å². The Balaban J connectivity index is 2.00. The smallest absolute Gasteiger partial charge is 0.220 e. The maximum atomic E-state index is 4.30. The van der Waals surface area contributed by atoms with Crippen LogP contribution in [0.1, 0.15) is 11.3 Å². The van der Waals surface area contributed by atoms with Gasteiger partial charge in [-0.3, -0.25) is 4.98 Å². The minimum atomic E-state index is -1.36. The molecular formula is C26H29N2Si+. The van der Waals surface area contributed by atoms with E-state index in [-0.39, 0.29) is 0 Å². The standard InChI is InChI=1S/C26H29N2Si/c1-18-9-10-20(21-8-7-13-27-17-21)16-25(18)26-24-12-11-23(29(4,5)6)15-22(24)14-19(2)28(26)3/h7-17H,1-6H3/q+1. The van der Waals surface area contributed by atoms with Crippen molar-refractivity contribution in [2.45, 2.75) is 33.5 Å². The van der Waals surface area contributed by atoms with E-state index in [4.69, 9.17) is 0 Å². The van der Waals surface area contributed by atoms with Crippen molar-refractivity contribution in [3.05, 3.63) is 78.2 Å². The quantitative estimate of drug-likeness (QED) is 0.327. The Bertz CT molecular complexity index is 1210. The minimum absolute atomic E-state index is 1.15. The molecule has 0 bridgehead atoms. The Morgan fingerprint density at radius 3 is 2.34 bits per heavy atom. The molecule has 29 heavy (non-hydrogen) atoms. The molecule has 0 N–H and O–H groups in total. The fourth-order valence-corrected chi connectivity index (χ4v) is 5.13. The SMILES string of the molecule is Cc1ccc(-c2cccnc2)cc1-c1c2ccc([Si](C)(C)C)cc2cc(C)[n+]1C. The van der Waals surface area contributed by atoms with Crippen LogP contribution in [0.3, 0.4) is 0 Å². The first-order valence-corrected chi connectivity index (χ1v) is 13.7. The zero-order chi connectivity index (χ0) is 20.8. The number of aryl methyl sites for hydroxylation is 2. The molecule has 0 spiro atoms. The van der Waals surface area contributed by atoms with Crippen molar-refractivity contribution >= 4 is 24.0 Å². The molecule has 0 aliphatic carbocycles. The molecule has 0 saturated heterocycles. The Morgan fingerprint density at radius 2 is 1.66 bits per heavy atom. The van der Waals surface area contributed by atoms with Gasteiger partial charge in [0.1, 0.15) is 7.05 Å². The van der Waals surface area contributed by atoms with Gasteiger partial charge in [0.05, 0.1) is 19.0 Å². The highest BCUT2D eigenvalue weighted by Gasteiger charge is 2.23. The van der Waals surface area contributed by atoms with Crippen molar-refractivity contribution in [1.82, 2.24) is 4.98 Å². The van der Waals surface area contributed by atoms with Crippen LogP contribution in [0.5, 0.6) is 0 Å². The van der Waals surface area contributed by atoms with Crippen LogP contribution in [0, 0.1) is 13.8 Å². The van der Waals surface area contributed by atoms with Crippen LogP contribution in [0.2, 0.25) is 19.6 Å². The van der Waals surface area contributed by atoms with Crippen LogP contribution in [0.15, 0.2) is 67.0 Å². The monoisotopic (exact) mass is 397 g/mol. The number of fused-ring (bicyclic) bond motifs is 1. The highest BCUT2D eigenvalue weighted by atomic mass is 28.3. The van der Waals surface area contributed by atoms with Crippen molar-refractivity contribution in [3.8, 4) is 22.4 Å². The molecule has 2 nitrogen and oxygen atoms in total. The van der Waals surface area contributed by atoms with E-state index in [1.807, 2.05) is 18.5 Å². The number of benzene rings is 2. The van der Waals surface area contributed by atoms with Gasteiger partial charge in [-0.2, -0.15) is 4.57 Å². The summed E-state index contributed by atoms with van der Waals surface area (Å²) < 4.78 is 2.33. The highest BCUT2D eigenvalue weighted by molar-refractivity contribution is 6.88. The van der Waals surface area contributed by atoms with Crippen LogP contribution >= 0.6 is 0 Å². The number of rotatable bonds is 3. The molecule has 0 aliphatic heterocycles. The summed E-state index contributed by atoms with van der Waals surface area (Å²) >= 11 is 0. The maximum Gasteiger partial charge on any atom is 0.220 e. The number of aromatic nitrogens is 2. The fourth-order valence-electron chi connectivity index (χ4n) is 3.96. The largest absolute Gasteiger partial charge is 0.264 e. The van der Waals surface area contributed by atoms with Gasteiger partial charge < -0.3 is 0 Å². The van der Waals surface area contributed by atoms with E-state index < -0.39 is 8.07 Å². The molecule has 2 aromatic heterocycles. The summed E-state index contributed by atoms with van der Waals surface area (Å²) in [5.74, 6) is 0. The molecular weight excluding hydrogens is 368 g/mol. The van der Waals surface area contributed by atoms with Crippen LogP contribution < -0.4 is 9.75 Å². The lowest BCUT2D eigenvalue weighted by Gasteiger charge is -2.18. The van der Waals surface area contributed by atoms with Gasteiger partial charge in [-0.25, -0.2) is 0 Å². The third-order valence-electron chi connectivity index (χ3n) is 5.89. The summed E-state index contributed by atoms with van der Waals surface area (Å²) in [5.41, 5.74) is 7.47. The lowest BCUT2D eigenvalue weighted by atomic mass is 9.95. The molecule has 2 heterocycles. The van der Waals surface area contributed by atoms with Crippen molar-refractivity contribution in [2.75, 3.05) is 0 Å². The first kappa shape index (κ1) is 19.5. The summed E-state index contributed by atoms with van der Waals surface area (Å²) in [6, 6.07) is 20.2. The van der Waals surface area contributed by atoms with E-state index in [1.165, 1.54) is 44.0 Å². The van der Waals surface area contributed by atoms with Gasteiger partial charge in [0.25, 0.3) is 0 Å². The van der Waals surface area contributed by atoms with Gasteiger partial charge in [-0.05, 0) is 41.6 Å². The molecule has 0 saturated carbocycles. The average molecular weight is 398 g/mol. The van der Waals surface area contributed by atoms with Crippen LogP contribution in [0.4, 0.5) is 0 Å². The lowest BCUT2D eigenvalue weighted by molar-refractivity contribution is -0.665.